The van der Waals surface area contributed by atoms with E-state index in [9.17, 15) is 0 Å². The Labute approximate surface area is 296 Å². The van der Waals surface area contributed by atoms with Crippen molar-refractivity contribution < 1.29 is 0 Å². The Bertz CT molecular complexity index is 2990. The lowest BCUT2D eigenvalue weighted by Crippen LogP contribution is -2.10. The highest BCUT2D eigenvalue weighted by atomic mass is 32.1. The van der Waals surface area contributed by atoms with Crippen molar-refractivity contribution in [3.8, 4) is 5.69 Å². The average Bonchev–Trinajstić information content (AvgIpc) is 3.84. The number of benzene rings is 8. The van der Waals surface area contributed by atoms with Gasteiger partial charge in [-0.05, 0) is 83.6 Å². The molecule has 0 fully saturated rings. The van der Waals surface area contributed by atoms with E-state index in [0.29, 0.717) is 0 Å². The lowest BCUT2D eigenvalue weighted by Gasteiger charge is -2.26. The predicted molar refractivity (Wildman–Crippen MR) is 219 cm³/mol. The molecule has 11 aromatic rings. The van der Waals surface area contributed by atoms with Crippen LogP contribution < -0.4 is 4.90 Å². The van der Waals surface area contributed by atoms with Gasteiger partial charge in [-0.3, -0.25) is 0 Å². The molecule has 0 aliphatic heterocycles. The standard InChI is InChI=1S/C46H28N2S2/c1-2-10-34-29(9-1)17-26-41-46(34)39-13-3-6-14-40(39)48(41)31-20-18-30(19-21-31)47(32-22-24-37-35-11-4-7-15-42(35)49-44(37)27-32)33-23-25-38-36-12-5-8-16-43(36)50-45(38)28-33/h1-28H. The number of aromatic nitrogens is 1. The Morgan fingerprint density at radius 1 is 0.360 bits per heavy atom. The molecule has 0 unspecified atom stereocenters. The molecule has 0 spiro atoms. The molecule has 0 aliphatic carbocycles. The topological polar surface area (TPSA) is 8.17 Å². The minimum atomic E-state index is 1.13. The molecule has 0 atom stereocenters. The summed E-state index contributed by atoms with van der Waals surface area (Å²) in [6.45, 7) is 0. The van der Waals surface area contributed by atoms with E-state index in [4.69, 9.17) is 0 Å². The third kappa shape index (κ3) is 4.13. The Kier molecular flexibility index (Phi) is 6.03. The number of fused-ring (bicyclic) bond motifs is 11. The third-order valence-corrected chi connectivity index (χ3v) is 12.4. The van der Waals surface area contributed by atoms with Gasteiger partial charge >= 0.3 is 0 Å². The molecule has 50 heavy (non-hydrogen) atoms. The first-order valence-corrected chi connectivity index (χ1v) is 18.6. The molecule has 3 heterocycles. The van der Waals surface area contributed by atoms with Gasteiger partial charge in [0, 0.05) is 73.9 Å². The number of nitrogens with zero attached hydrogens (tertiary/aromatic N) is 2. The number of para-hydroxylation sites is 1. The second-order valence-corrected chi connectivity index (χ2v) is 15.1. The number of rotatable bonds is 4. The van der Waals surface area contributed by atoms with Gasteiger partial charge in [0.25, 0.3) is 0 Å². The second-order valence-electron chi connectivity index (χ2n) is 12.9. The summed E-state index contributed by atoms with van der Waals surface area (Å²) in [5.41, 5.74) is 7.02. The van der Waals surface area contributed by atoms with Crippen LogP contribution in [0, 0.1) is 0 Å². The fraction of sp³-hybridized carbons (Fsp3) is 0. The molecular weight excluding hydrogens is 645 g/mol. The van der Waals surface area contributed by atoms with Crippen LogP contribution in [0.3, 0.4) is 0 Å². The number of hydrogen-bond acceptors (Lipinski definition) is 3. The molecule has 8 aromatic carbocycles. The van der Waals surface area contributed by atoms with Crippen LogP contribution in [0.4, 0.5) is 17.1 Å². The number of thiophene rings is 2. The van der Waals surface area contributed by atoms with Crippen molar-refractivity contribution in [3.63, 3.8) is 0 Å². The fourth-order valence-corrected chi connectivity index (χ4v) is 10.2. The fourth-order valence-electron chi connectivity index (χ4n) is 7.92. The van der Waals surface area contributed by atoms with Crippen molar-refractivity contribution >= 4 is 113 Å². The summed E-state index contributed by atoms with van der Waals surface area (Å²) in [5.74, 6) is 0. The molecule has 2 nitrogen and oxygen atoms in total. The molecule has 234 valence electrons. The van der Waals surface area contributed by atoms with E-state index in [-0.39, 0.29) is 0 Å². The van der Waals surface area contributed by atoms with Crippen molar-refractivity contribution in [1.29, 1.82) is 0 Å². The first-order valence-electron chi connectivity index (χ1n) is 16.9. The molecule has 0 N–H and O–H groups in total. The van der Waals surface area contributed by atoms with Crippen LogP contribution in [0.25, 0.3) is 78.6 Å². The van der Waals surface area contributed by atoms with Crippen LogP contribution >= 0.6 is 22.7 Å². The molecule has 0 saturated heterocycles. The van der Waals surface area contributed by atoms with Crippen LogP contribution in [0.2, 0.25) is 0 Å². The molecule has 0 bridgehead atoms. The summed E-state index contributed by atoms with van der Waals surface area (Å²) in [5, 5.41) is 10.4. The monoisotopic (exact) mass is 672 g/mol. The molecule has 4 heteroatoms. The van der Waals surface area contributed by atoms with E-state index in [2.05, 4.69) is 179 Å². The van der Waals surface area contributed by atoms with E-state index in [1.54, 1.807) is 0 Å². The summed E-state index contributed by atoms with van der Waals surface area (Å²) in [4.78, 5) is 2.41. The summed E-state index contributed by atoms with van der Waals surface area (Å²) >= 11 is 3.73. The highest BCUT2D eigenvalue weighted by molar-refractivity contribution is 7.26. The van der Waals surface area contributed by atoms with Crippen LogP contribution in [0.5, 0.6) is 0 Å². The molecule has 0 radical (unpaired) electrons. The molecule has 0 amide bonds. The zero-order valence-corrected chi connectivity index (χ0v) is 28.5. The first kappa shape index (κ1) is 28.0. The van der Waals surface area contributed by atoms with Crippen molar-refractivity contribution in [2.75, 3.05) is 4.90 Å². The van der Waals surface area contributed by atoms with Crippen LogP contribution in [-0.4, -0.2) is 4.57 Å². The van der Waals surface area contributed by atoms with Crippen LogP contribution in [-0.2, 0) is 0 Å². The quantitative estimate of drug-likeness (QED) is 0.181. The molecule has 0 saturated carbocycles. The summed E-state index contributed by atoms with van der Waals surface area (Å²) < 4.78 is 7.65. The van der Waals surface area contributed by atoms with Gasteiger partial charge in [0.1, 0.15) is 0 Å². The Balaban J connectivity index is 1.10. The van der Waals surface area contributed by atoms with E-state index < -0.39 is 0 Å². The van der Waals surface area contributed by atoms with Gasteiger partial charge in [-0.25, -0.2) is 0 Å². The van der Waals surface area contributed by atoms with Crippen molar-refractivity contribution in [3.05, 3.63) is 170 Å². The Hall–Kier alpha value is -5.94. The molecule has 0 aliphatic rings. The highest BCUT2D eigenvalue weighted by Crippen LogP contribution is 2.44. The zero-order valence-electron chi connectivity index (χ0n) is 26.9. The minimum absolute atomic E-state index is 1.13. The van der Waals surface area contributed by atoms with Gasteiger partial charge in [0.15, 0.2) is 0 Å². The summed E-state index contributed by atoms with van der Waals surface area (Å²) in [6.07, 6.45) is 0. The molecule has 11 rings (SSSR count). The first-order chi connectivity index (χ1) is 24.8. The lowest BCUT2D eigenvalue weighted by atomic mass is 10.0. The van der Waals surface area contributed by atoms with E-state index in [1.165, 1.54) is 72.9 Å². The van der Waals surface area contributed by atoms with Crippen molar-refractivity contribution in [2.24, 2.45) is 0 Å². The lowest BCUT2D eigenvalue weighted by molar-refractivity contribution is 1.17. The van der Waals surface area contributed by atoms with Gasteiger partial charge < -0.3 is 9.47 Å². The Morgan fingerprint density at radius 3 is 1.54 bits per heavy atom. The summed E-state index contributed by atoms with van der Waals surface area (Å²) in [7, 11) is 0. The van der Waals surface area contributed by atoms with Crippen molar-refractivity contribution in [2.45, 2.75) is 0 Å². The maximum absolute atomic E-state index is 2.41. The zero-order chi connectivity index (χ0) is 32.8. The van der Waals surface area contributed by atoms with Gasteiger partial charge in [-0.2, -0.15) is 0 Å². The van der Waals surface area contributed by atoms with Crippen LogP contribution in [0.1, 0.15) is 0 Å². The number of anilines is 3. The van der Waals surface area contributed by atoms with E-state index in [0.717, 1.165) is 22.7 Å². The third-order valence-electron chi connectivity index (χ3n) is 10.2. The maximum atomic E-state index is 2.41. The van der Waals surface area contributed by atoms with Gasteiger partial charge in [-0.15, -0.1) is 22.7 Å². The second kappa shape index (κ2) is 10.8. The normalized spacial score (nSPS) is 12.0. The van der Waals surface area contributed by atoms with Gasteiger partial charge in [0.05, 0.1) is 11.0 Å². The van der Waals surface area contributed by atoms with Crippen molar-refractivity contribution in [1.82, 2.24) is 4.57 Å². The van der Waals surface area contributed by atoms with E-state index in [1.807, 2.05) is 22.7 Å². The number of hydrogen-bond donors (Lipinski definition) is 0. The van der Waals surface area contributed by atoms with Crippen LogP contribution in [0.15, 0.2) is 170 Å². The van der Waals surface area contributed by atoms with Gasteiger partial charge in [0.2, 0.25) is 0 Å². The summed E-state index contributed by atoms with van der Waals surface area (Å²) in [6, 6.07) is 62.5. The molecule has 3 aromatic heterocycles. The Morgan fingerprint density at radius 2 is 0.880 bits per heavy atom. The highest BCUT2D eigenvalue weighted by Gasteiger charge is 2.18. The van der Waals surface area contributed by atoms with Gasteiger partial charge in [-0.1, -0.05) is 97.1 Å². The smallest absolute Gasteiger partial charge is 0.0547 e. The maximum Gasteiger partial charge on any atom is 0.0547 e. The molecular formula is C46H28N2S2. The SMILES string of the molecule is c1ccc2c(c1)ccc1c2c2ccccc2n1-c1ccc(N(c2ccc3c(c2)sc2ccccc23)c2ccc3c(c2)sc2ccccc23)cc1. The van der Waals surface area contributed by atoms with E-state index >= 15 is 0 Å². The average molecular weight is 673 g/mol. The minimum Gasteiger partial charge on any atom is -0.310 e. The predicted octanol–water partition coefficient (Wildman–Crippen LogP) is 14.1. The largest absolute Gasteiger partial charge is 0.310 e.